The lowest BCUT2D eigenvalue weighted by atomic mass is 9.99. The van der Waals surface area contributed by atoms with Crippen LogP contribution in [0.15, 0.2) is 115 Å². The summed E-state index contributed by atoms with van der Waals surface area (Å²) in [6.07, 6.45) is 2.19. The van der Waals surface area contributed by atoms with E-state index in [4.69, 9.17) is 0 Å². The van der Waals surface area contributed by atoms with Crippen molar-refractivity contribution in [1.82, 2.24) is 14.0 Å². The van der Waals surface area contributed by atoms with Crippen LogP contribution in [0.4, 0.5) is 0 Å². The largest absolute Gasteiger partial charge is 0.478 e. The number of carboxylic acid groups (broad SMARTS) is 1. The van der Waals surface area contributed by atoms with Crippen LogP contribution in [-0.2, 0) is 6.54 Å². The van der Waals surface area contributed by atoms with E-state index in [1.165, 1.54) is 28.4 Å². The van der Waals surface area contributed by atoms with Gasteiger partial charge < -0.3 is 14.1 Å². The number of carboxylic acids is 1. The van der Waals surface area contributed by atoms with Gasteiger partial charge in [-0.15, -0.1) is 0 Å². The molecule has 0 saturated carbocycles. The number of hydrogen-bond acceptors (Lipinski definition) is 3. The van der Waals surface area contributed by atoms with Crippen molar-refractivity contribution in [3.8, 4) is 11.1 Å². The monoisotopic (exact) mass is 565 g/mol. The molecule has 0 bridgehead atoms. The number of aromatic nitrogens is 3. The molecule has 4 heterocycles. The third kappa shape index (κ3) is 5.08. The molecule has 7 rings (SSSR count). The zero-order valence-electron chi connectivity index (χ0n) is 24.3. The van der Waals surface area contributed by atoms with Gasteiger partial charge in [0, 0.05) is 51.5 Å². The van der Waals surface area contributed by atoms with Crippen molar-refractivity contribution in [2.45, 2.75) is 27.3 Å². The lowest BCUT2D eigenvalue weighted by molar-refractivity contribution is 0.0692. The standard InChI is InChI=1S/C22H18N2O3.C15H13N/c1-3-24-13(2)19(15-9-5-7-11-18(15)24)21(25)20-16(22(26)27)12-14-8-4-6-10-17(14)23-20;1-12-6-5-9-15-10-14(11-16(12)15)13-7-3-2-4-8-13/h4-12H,3H2,1-2H3,(H,26,27);2-11H,1H3. The highest BCUT2D eigenvalue weighted by atomic mass is 16.4. The number of hydrogen-bond donors (Lipinski definition) is 1. The Kier molecular flexibility index (Phi) is 7.34. The Balaban J connectivity index is 0.000000174. The molecule has 0 atom stereocenters. The summed E-state index contributed by atoms with van der Waals surface area (Å²) in [5, 5.41) is 11.2. The van der Waals surface area contributed by atoms with Crippen molar-refractivity contribution in [3.05, 3.63) is 144 Å². The first-order valence-electron chi connectivity index (χ1n) is 14.3. The number of aromatic carboxylic acids is 1. The minimum Gasteiger partial charge on any atom is -0.478 e. The van der Waals surface area contributed by atoms with Crippen molar-refractivity contribution in [2.24, 2.45) is 0 Å². The van der Waals surface area contributed by atoms with E-state index in [0.29, 0.717) is 16.5 Å². The molecule has 43 heavy (non-hydrogen) atoms. The average Bonchev–Trinajstić information content (AvgIpc) is 3.60. The SMILES string of the molecule is CCn1c(C)c(C(=O)c2nc3ccccc3cc2C(=O)O)c2ccccc21.Cc1cccc2cc(-c3ccccc3)cn12. The molecule has 0 amide bonds. The van der Waals surface area contributed by atoms with Crippen LogP contribution in [0.5, 0.6) is 0 Å². The Bertz CT molecular complexity index is 2140. The van der Waals surface area contributed by atoms with Gasteiger partial charge >= 0.3 is 5.97 Å². The van der Waals surface area contributed by atoms with E-state index in [9.17, 15) is 14.7 Å². The third-order valence-corrected chi connectivity index (χ3v) is 7.88. The number of pyridine rings is 2. The number of para-hydroxylation sites is 2. The first-order chi connectivity index (χ1) is 20.9. The summed E-state index contributed by atoms with van der Waals surface area (Å²) in [6, 6.07) is 35.5. The van der Waals surface area contributed by atoms with Crippen molar-refractivity contribution in [1.29, 1.82) is 0 Å². The molecule has 6 heteroatoms. The van der Waals surface area contributed by atoms with Gasteiger partial charge in [-0.05, 0) is 62.7 Å². The van der Waals surface area contributed by atoms with Gasteiger partial charge in [0.2, 0.25) is 5.78 Å². The van der Waals surface area contributed by atoms with Gasteiger partial charge in [-0.25, -0.2) is 9.78 Å². The Hall–Kier alpha value is -5.49. The molecule has 0 saturated heterocycles. The van der Waals surface area contributed by atoms with E-state index >= 15 is 0 Å². The topological polar surface area (TPSA) is 76.6 Å². The van der Waals surface area contributed by atoms with Crippen LogP contribution < -0.4 is 0 Å². The lowest BCUT2D eigenvalue weighted by Gasteiger charge is -2.08. The minimum absolute atomic E-state index is 0.0247. The van der Waals surface area contributed by atoms with E-state index in [0.717, 1.165) is 23.1 Å². The fraction of sp³-hybridized carbons (Fsp3) is 0.108. The molecule has 0 unspecified atom stereocenters. The molecule has 212 valence electrons. The summed E-state index contributed by atoms with van der Waals surface area (Å²) in [4.78, 5) is 29.7. The first-order valence-corrected chi connectivity index (χ1v) is 14.3. The van der Waals surface area contributed by atoms with Crippen LogP contribution in [0, 0.1) is 13.8 Å². The quantitative estimate of drug-likeness (QED) is 0.213. The maximum Gasteiger partial charge on any atom is 0.338 e. The van der Waals surface area contributed by atoms with Gasteiger partial charge in [-0.1, -0.05) is 72.8 Å². The predicted molar refractivity (Wildman–Crippen MR) is 172 cm³/mol. The summed E-state index contributed by atoms with van der Waals surface area (Å²) in [6.45, 7) is 6.75. The van der Waals surface area contributed by atoms with Crippen LogP contribution in [-0.4, -0.2) is 30.8 Å². The molecule has 0 aliphatic heterocycles. The number of ketones is 1. The zero-order chi connectivity index (χ0) is 30.1. The molecule has 1 N–H and O–H groups in total. The number of carbonyl (C=O) groups is 2. The fourth-order valence-corrected chi connectivity index (χ4v) is 5.76. The van der Waals surface area contributed by atoms with E-state index in [-0.39, 0.29) is 17.0 Å². The van der Waals surface area contributed by atoms with Crippen LogP contribution in [0.1, 0.15) is 44.7 Å². The molecule has 3 aromatic carbocycles. The molecule has 0 radical (unpaired) electrons. The molecule has 4 aromatic heterocycles. The highest BCUT2D eigenvalue weighted by Crippen LogP contribution is 2.29. The Labute approximate surface area is 249 Å². The van der Waals surface area contributed by atoms with E-state index < -0.39 is 5.97 Å². The summed E-state index contributed by atoms with van der Waals surface area (Å²) in [5.41, 5.74) is 7.84. The Morgan fingerprint density at radius 1 is 0.791 bits per heavy atom. The molecule has 0 fully saturated rings. The average molecular weight is 566 g/mol. The highest BCUT2D eigenvalue weighted by Gasteiger charge is 2.26. The number of aryl methyl sites for hydroxylation is 2. The van der Waals surface area contributed by atoms with Crippen molar-refractivity contribution >= 4 is 39.1 Å². The normalized spacial score (nSPS) is 11.0. The second kappa shape index (κ2) is 11.4. The van der Waals surface area contributed by atoms with Crippen LogP contribution in [0.25, 0.3) is 38.4 Å². The first kappa shape index (κ1) is 27.7. The lowest BCUT2D eigenvalue weighted by Crippen LogP contribution is -2.13. The van der Waals surface area contributed by atoms with E-state index in [2.05, 4.69) is 75.6 Å². The summed E-state index contributed by atoms with van der Waals surface area (Å²) in [5.74, 6) is -1.52. The number of fused-ring (bicyclic) bond motifs is 3. The number of benzene rings is 3. The second-order valence-corrected chi connectivity index (χ2v) is 10.5. The van der Waals surface area contributed by atoms with Gasteiger partial charge in [0.25, 0.3) is 0 Å². The molecule has 0 aliphatic rings. The molecule has 0 spiro atoms. The van der Waals surface area contributed by atoms with Gasteiger partial charge in [-0.3, -0.25) is 4.79 Å². The molecular formula is C37H31N3O3. The van der Waals surface area contributed by atoms with Crippen molar-refractivity contribution in [3.63, 3.8) is 0 Å². The number of rotatable bonds is 5. The Morgan fingerprint density at radius 3 is 2.26 bits per heavy atom. The van der Waals surface area contributed by atoms with Crippen molar-refractivity contribution < 1.29 is 14.7 Å². The second-order valence-electron chi connectivity index (χ2n) is 10.5. The molecular weight excluding hydrogens is 534 g/mol. The number of nitrogens with zero attached hydrogens (tertiary/aromatic N) is 3. The van der Waals surface area contributed by atoms with Crippen LogP contribution in [0.3, 0.4) is 0 Å². The van der Waals surface area contributed by atoms with Gasteiger partial charge in [0.1, 0.15) is 5.69 Å². The maximum atomic E-state index is 13.4. The summed E-state index contributed by atoms with van der Waals surface area (Å²) < 4.78 is 4.28. The molecule has 0 aliphatic carbocycles. The third-order valence-electron chi connectivity index (χ3n) is 7.88. The number of carbonyl (C=O) groups excluding carboxylic acids is 1. The summed E-state index contributed by atoms with van der Waals surface area (Å²) >= 11 is 0. The predicted octanol–water partition coefficient (Wildman–Crippen LogP) is 8.36. The van der Waals surface area contributed by atoms with E-state index in [1.54, 1.807) is 12.1 Å². The van der Waals surface area contributed by atoms with Gasteiger partial charge in [0.05, 0.1) is 16.6 Å². The van der Waals surface area contributed by atoms with Crippen LogP contribution in [0.2, 0.25) is 0 Å². The molecule has 7 aromatic rings. The Morgan fingerprint density at radius 2 is 1.51 bits per heavy atom. The van der Waals surface area contributed by atoms with Crippen LogP contribution >= 0.6 is 0 Å². The minimum atomic E-state index is -1.16. The summed E-state index contributed by atoms with van der Waals surface area (Å²) in [7, 11) is 0. The zero-order valence-corrected chi connectivity index (χ0v) is 24.3. The maximum absolute atomic E-state index is 13.4. The molecule has 6 nitrogen and oxygen atoms in total. The smallest absolute Gasteiger partial charge is 0.338 e. The fourth-order valence-electron chi connectivity index (χ4n) is 5.76. The highest BCUT2D eigenvalue weighted by molar-refractivity contribution is 6.20. The van der Waals surface area contributed by atoms with Gasteiger partial charge in [-0.2, -0.15) is 0 Å². The van der Waals surface area contributed by atoms with Gasteiger partial charge in [0.15, 0.2) is 0 Å². The van der Waals surface area contributed by atoms with Crippen molar-refractivity contribution in [2.75, 3.05) is 0 Å². The van der Waals surface area contributed by atoms with E-state index in [1.807, 2.05) is 56.3 Å².